The molecule has 228 valence electrons. The van der Waals surface area contributed by atoms with Gasteiger partial charge in [-0.25, -0.2) is 0 Å². The number of amides is 3. The third kappa shape index (κ3) is 9.32. The van der Waals surface area contributed by atoms with Crippen LogP contribution in [0.15, 0.2) is 29.3 Å². The second-order valence-electron chi connectivity index (χ2n) is 11.7. The van der Waals surface area contributed by atoms with Crippen molar-refractivity contribution < 1.29 is 29.7 Å². The van der Waals surface area contributed by atoms with E-state index in [1.165, 1.54) is 12.1 Å². The first-order valence-electron chi connectivity index (χ1n) is 14.6. The molecule has 0 bridgehead atoms. The average Bonchev–Trinajstić information content (AvgIpc) is 3.29. The molecule has 12 heteroatoms. The number of hydrogen-bond donors (Lipinski definition) is 7. The highest BCUT2D eigenvalue weighted by atomic mass is 16.3. The van der Waals surface area contributed by atoms with Crippen LogP contribution in [0.1, 0.15) is 64.4 Å². The Kier molecular flexibility index (Phi) is 11.8. The number of phenols is 1. The van der Waals surface area contributed by atoms with E-state index < -0.39 is 30.2 Å². The van der Waals surface area contributed by atoms with Crippen molar-refractivity contribution in [1.29, 1.82) is 0 Å². The summed E-state index contributed by atoms with van der Waals surface area (Å²) >= 11 is 0. The normalized spacial score (nSPS) is 23.4. The van der Waals surface area contributed by atoms with Gasteiger partial charge in [0.15, 0.2) is 5.96 Å². The van der Waals surface area contributed by atoms with Gasteiger partial charge >= 0.3 is 0 Å². The number of aliphatic hydroxyl groups excluding tert-OH is 2. The Balaban J connectivity index is 1.72. The van der Waals surface area contributed by atoms with E-state index in [1.807, 2.05) is 13.8 Å². The minimum Gasteiger partial charge on any atom is -0.508 e. The van der Waals surface area contributed by atoms with Crippen molar-refractivity contribution in [1.82, 2.24) is 15.5 Å². The summed E-state index contributed by atoms with van der Waals surface area (Å²) in [6, 6.07) is 4.22. The molecule has 3 amide bonds. The van der Waals surface area contributed by atoms with Gasteiger partial charge in [0.25, 0.3) is 0 Å². The van der Waals surface area contributed by atoms with Crippen LogP contribution >= 0.6 is 0 Å². The van der Waals surface area contributed by atoms with Gasteiger partial charge in [0.2, 0.25) is 17.7 Å². The molecule has 2 fully saturated rings. The molecular formula is C29H46N6O6. The molecule has 1 heterocycles. The van der Waals surface area contributed by atoms with Crippen molar-refractivity contribution in [3.05, 3.63) is 29.8 Å². The van der Waals surface area contributed by atoms with E-state index in [-0.39, 0.29) is 47.8 Å². The van der Waals surface area contributed by atoms with Gasteiger partial charge in [-0.3, -0.25) is 19.4 Å². The van der Waals surface area contributed by atoms with Gasteiger partial charge in [0.05, 0.1) is 6.10 Å². The van der Waals surface area contributed by atoms with Gasteiger partial charge in [-0.1, -0.05) is 26.0 Å². The summed E-state index contributed by atoms with van der Waals surface area (Å²) in [6.45, 7) is 4.74. The van der Waals surface area contributed by atoms with E-state index in [0.29, 0.717) is 63.6 Å². The number of carbonyl (C=O) groups excluding carboxylic acids is 3. The Labute approximate surface area is 241 Å². The number of carbonyl (C=O) groups is 3. The molecule has 0 aromatic heterocycles. The summed E-state index contributed by atoms with van der Waals surface area (Å²) in [5.41, 5.74) is 11.3. The molecule has 3 rings (SSSR count). The van der Waals surface area contributed by atoms with Crippen molar-refractivity contribution in [3.63, 3.8) is 0 Å². The number of nitrogens with two attached hydrogens (primary N) is 2. The lowest BCUT2D eigenvalue weighted by molar-refractivity contribution is -0.145. The Morgan fingerprint density at radius 2 is 1.80 bits per heavy atom. The molecule has 0 radical (unpaired) electrons. The van der Waals surface area contributed by atoms with Crippen molar-refractivity contribution in [2.75, 3.05) is 13.1 Å². The van der Waals surface area contributed by atoms with Crippen LogP contribution in [-0.2, 0) is 20.8 Å². The summed E-state index contributed by atoms with van der Waals surface area (Å²) < 4.78 is 0. The van der Waals surface area contributed by atoms with E-state index in [9.17, 15) is 29.7 Å². The number of benzene rings is 1. The first-order valence-corrected chi connectivity index (χ1v) is 14.6. The Bertz CT molecular complexity index is 1060. The molecule has 9 N–H and O–H groups in total. The number of unbranched alkanes of at least 4 members (excludes halogenated alkanes) is 1. The largest absolute Gasteiger partial charge is 0.508 e. The molecule has 41 heavy (non-hydrogen) atoms. The number of aliphatic hydroxyl groups is 2. The van der Waals surface area contributed by atoms with Crippen LogP contribution in [0.3, 0.4) is 0 Å². The molecule has 1 aromatic rings. The maximum Gasteiger partial charge on any atom is 0.249 e. The first kappa shape index (κ1) is 32.1. The second-order valence-corrected chi connectivity index (χ2v) is 11.7. The first-order chi connectivity index (χ1) is 19.5. The summed E-state index contributed by atoms with van der Waals surface area (Å²) in [6.07, 6.45) is 1.95. The van der Waals surface area contributed by atoms with Crippen LogP contribution in [0, 0.1) is 11.8 Å². The fourth-order valence-corrected chi connectivity index (χ4v) is 5.85. The average molecular weight is 575 g/mol. The van der Waals surface area contributed by atoms with Crippen LogP contribution in [0.4, 0.5) is 0 Å². The Morgan fingerprint density at radius 3 is 2.46 bits per heavy atom. The highest BCUT2D eigenvalue weighted by Crippen LogP contribution is 2.40. The van der Waals surface area contributed by atoms with E-state index in [0.717, 1.165) is 0 Å². The highest BCUT2D eigenvalue weighted by molar-refractivity contribution is 5.93. The summed E-state index contributed by atoms with van der Waals surface area (Å²) in [5.74, 6) is -1.09. The number of hydrogen-bond acceptors (Lipinski definition) is 7. The van der Waals surface area contributed by atoms with Crippen LogP contribution in [-0.4, -0.2) is 87.3 Å². The van der Waals surface area contributed by atoms with Gasteiger partial charge in [0, 0.05) is 25.6 Å². The van der Waals surface area contributed by atoms with Crippen molar-refractivity contribution in [2.24, 2.45) is 28.3 Å². The zero-order valence-corrected chi connectivity index (χ0v) is 24.0. The second kappa shape index (κ2) is 15.0. The maximum absolute atomic E-state index is 14.1. The highest BCUT2D eigenvalue weighted by Gasteiger charge is 2.50. The zero-order chi connectivity index (χ0) is 30.1. The molecular weight excluding hydrogens is 528 g/mol. The fraction of sp³-hybridized carbons (Fsp3) is 0.655. The number of aliphatic imine (C=N–C) groups is 1. The van der Waals surface area contributed by atoms with E-state index in [4.69, 9.17) is 11.5 Å². The summed E-state index contributed by atoms with van der Waals surface area (Å²) in [4.78, 5) is 46.0. The van der Waals surface area contributed by atoms with Gasteiger partial charge in [0.1, 0.15) is 23.9 Å². The van der Waals surface area contributed by atoms with Crippen LogP contribution in [0.25, 0.3) is 0 Å². The third-order valence-electron chi connectivity index (χ3n) is 7.87. The Morgan fingerprint density at radius 1 is 1.10 bits per heavy atom. The lowest BCUT2D eigenvalue weighted by Crippen LogP contribution is -2.58. The molecule has 0 unspecified atom stereocenters. The number of fused-ring (bicyclic) bond motifs is 1. The number of nitrogens with zero attached hydrogens (tertiary/aromatic N) is 2. The molecule has 1 aromatic carbocycles. The van der Waals surface area contributed by atoms with Crippen LogP contribution in [0.5, 0.6) is 5.75 Å². The number of likely N-dealkylation sites (tertiary alicyclic amines) is 1. The molecule has 2 aliphatic rings. The number of phenolic OH excluding ortho intramolecular Hbond substituents is 1. The summed E-state index contributed by atoms with van der Waals surface area (Å²) in [5, 5.41) is 36.2. The van der Waals surface area contributed by atoms with Crippen molar-refractivity contribution >= 4 is 23.7 Å². The maximum atomic E-state index is 14.1. The van der Waals surface area contributed by atoms with Gasteiger partial charge in [-0.05, 0) is 74.5 Å². The molecule has 1 saturated carbocycles. The van der Waals surface area contributed by atoms with Crippen molar-refractivity contribution in [2.45, 2.75) is 95.5 Å². The zero-order valence-electron chi connectivity index (χ0n) is 24.0. The minimum absolute atomic E-state index is 0.0174. The third-order valence-corrected chi connectivity index (χ3v) is 7.87. The number of rotatable bonds is 13. The number of guanidine groups is 1. The topological polar surface area (TPSA) is 204 Å². The quantitative estimate of drug-likeness (QED) is 0.0977. The van der Waals surface area contributed by atoms with Crippen molar-refractivity contribution in [3.8, 4) is 5.75 Å². The Hall–Kier alpha value is -3.38. The monoisotopic (exact) mass is 574 g/mol. The lowest BCUT2D eigenvalue weighted by atomic mass is 9.83. The standard InChI is InChI=1S/C29H46N6O6/c1-17(2)13-22(34-27(40)25(38)14-18-5-8-20(36)9-6-18)28(41)35-23-16-21(37)10-7-19(23)15-24(35)26(39)32-11-3-4-12-33-29(30)31/h5-6,8-9,17,19,21-25,36-38H,3-4,7,10-16H2,1-2H3,(H,32,39)(H,34,40)(H4,30,31,33)/t19-,21+,22+,23-,24-,25-/m0/s1. The van der Waals surface area contributed by atoms with Gasteiger partial charge < -0.3 is 42.3 Å². The van der Waals surface area contributed by atoms with E-state index in [1.54, 1.807) is 17.0 Å². The smallest absolute Gasteiger partial charge is 0.249 e. The predicted molar refractivity (Wildman–Crippen MR) is 155 cm³/mol. The van der Waals surface area contributed by atoms with Crippen LogP contribution in [0.2, 0.25) is 0 Å². The minimum atomic E-state index is -1.40. The predicted octanol–water partition coefficient (Wildman–Crippen LogP) is 0.127. The summed E-state index contributed by atoms with van der Waals surface area (Å²) in [7, 11) is 0. The van der Waals surface area contributed by atoms with Crippen LogP contribution < -0.4 is 22.1 Å². The fourth-order valence-electron chi connectivity index (χ4n) is 5.85. The van der Waals surface area contributed by atoms with Gasteiger partial charge in [-0.2, -0.15) is 0 Å². The molecule has 1 aliphatic heterocycles. The molecule has 0 spiro atoms. The number of aromatic hydroxyl groups is 1. The van der Waals surface area contributed by atoms with E-state index in [2.05, 4.69) is 15.6 Å². The number of nitrogens with one attached hydrogen (secondary N) is 2. The molecule has 12 nitrogen and oxygen atoms in total. The van der Waals surface area contributed by atoms with Gasteiger partial charge in [-0.15, -0.1) is 0 Å². The molecule has 1 aliphatic carbocycles. The van der Waals surface area contributed by atoms with E-state index >= 15 is 0 Å². The molecule has 6 atom stereocenters. The molecule has 1 saturated heterocycles. The lowest BCUT2D eigenvalue weighted by Gasteiger charge is -2.38. The SMILES string of the molecule is CC(C)C[C@@H](NC(=O)[C@@H](O)Cc1ccc(O)cc1)C(=O)N1[C@H](C(=O)NCCCCN=C(N)N)C[C@@H]2CC[C@@H](O)C[C@@H]21.